The SMILES string of the molecule is CCOc1ccc([C@H](C)NC(=O)C2CCN(C(=O)OC(C)(C)C)CC2)cc1OCC. The van der Waals surface area contributed by atoms with Crippen molar-refractivity contribution in [2.45, 2.75) is 66.0 Å². The predicted octanol–water partition coefficient (Wildman–Crippen LogP) is 4.31. The zero-order valence-electron chi connectivity index (χ0n) is 19.1. The lowest BCUT2D eigenvalue weighted by Gasteiger charge is -2.33. The van der Waals surface area contributed by atoms with Crippen molar-refractivity contribution < 1.29 is 23.8 Å². The van der Waals surface area contributed by atoms with Gasteiger partial charge in [-0.05, 0) is 72.1 Å². The van der Waals surface area contributed by atoms with Gasteiger partial charge in [-0.25, -0.2) is 4.79 Å². The smallest absolute Gasteiger partial charge is 0.410 e. The molecule has 0 radical (unpaired) electrons. The Morgan fingerprint density at radius 2 is 1.70 bits per heavy atom. The second-order valence-electron chi connectivity index (χ2n) is 8.54. The summed E-state index contributed by atoms with van der Waals surface area (Å²) in [5.41, 5.74) is 0.445. The van der Waals surface area contributed by atoms with Crippen LogP contribution in [0.25, 0.3) is 0 Å². The van der Waals surface area contributed by atoms with Crippen molar-refractivity contribution in [3.63, 3.8) is 0 Å². The average molecular weight is 421 g/mol. The second kappa shape index (κ2) is 10.5. The maximum Gasteiger partial charge on any atom is 0.410 e. The van der Waals surface area contributed by atoms with E-state index in [9.17, 15) is 9.59 Å². The Balaban J connectivity index is 1.92. The van der Waals surface area contributed by atoms with Crippen LogP contribution in [0.3, 0.4) is 0 Å². The molecule has 1 saturated heterocycles. The molecule has 1 aromatic carbocycles. The molecule has 30 heavy (non-hydrogen) atoms. The van der Waals surface area contributed by atoms with Crippen molar-refractivity contribution >= 4 is 12.0 Å². The molecular weight excluding hydrogens is 384 g/mol. The molecule has 0 saturated carbocycles. The Morgan fingerprint density at radius 3 is 2.27 bits per heavy atom. The first kappa shape index (κ1) is 23.8. The molecule has 0 bridgehead atoms. The van der Waals surface area contributed by atoms with Crippen LogP contribution in [0.1, 0.15) is 66.0 Å². The summed E-state index contributed by atoms with van der Waals surface area (Å²) in [5.74, 6) is 1.29. The number of hydrogen-bond donors (Lipinski definition) is 1. The summed E-state index contributed by atoms with van der Waals surface area (Å²) in [6, 6.07) is 5.59. The molecule has 0 aliphatic carbocycles. The Bertz CT molecular complexity index is 721. The van der Waals surface area contributed by atoms with Crippen LogP contribution in [-0.4, -0.2) is 48.8 Å². The van der Waals surface area contributed by atoms with Gasteiger partial charge < -0.3 is 24.4 Å². The molecule has 0 unspecified atom stereocenters. The van der Waals surface area contributed by atoms with Crippen LogP contribution in [0.4, 0.5) is 4.79 Å². The zero-order chi connectivity index (χ0) is 22.3. The van der Waals surface area contributed by atoms with Crippen molar-refractivity contribution in [2.24, 2.45) is 5.92 Å². The Morgan fingerprint density at radius 1 is 1.10 bits per heavy atom. The number of amides is 2. The Hall–Kier alpha value is -2.44. The quantitative estimate of drug-likeness (QED) is 0.711. The number of carbonyl (C=O) groups excluding carboxylic acids is 2. The molecule has 1 atom stereocenters. The van der Waals surface area contributed by atoms with Gasteiger partial charge in [0.1, 0.15) is 5.60 Å². The van der Waals surface area contributed by atoms with E-state index >= 15 is 0 Å². The van der Waals surface area contributed by atoms with E-state index in [0.717, 1.165) is 5.56 Å². The van der Waals surface area contributed by atoms with E-state index in [2.05, 4.69) is 5.32 Å². The summed E-state index contributed by atoms with van der Waals surface area (Å²) in [6.07, 6.45) is 0.948. The highest BCUT2D eigenvalue weighted by atomic mass is 16.6. The van der Waals surface area contributed by atoms with E-state index in [1.165, 1.54) is 0 Å². The zero-order valence-corrected chi connectivity index (χ0v) is 19.1. The highest BCUT2D eigenvalue weighted by Crippen LogP contribution is 2.31. The van der Waals surface area contributed by atoms with Crippen molar-refractivity contribution in [1.82, 2.24) is 10.2 Å². The van der Waals surface area contributed by atoms with Crippen molar-refractivity contribution in [2.75, 3.05) is 26.3 Å². The van der Waals surface area contributed by atoms with Gasteiger partial charge in [0, 0.05) is 19.0 Å². The molecule has 1 fully saturated rings. The molecule has 7 nitrogen and oxygen atoms in total. The summed E-state index contributed by atoms with van der Waals surface area (Å²) < 4.78 is 16.7. The molecule has 2 rings (SSSR count). The third-order valence-corrected chi connectivity index (χ3v) is 4.94. The van der Waals surface area contributed by atoms with Gasteiger partial charge in [0.25, 0.3) is 0 Å². The maximum atomic E-state index is 12.8. The molecule has 1 aliphatic heterocycles. The molecule has 168 valence electrons. The number of hydrogen-bond acceptors (Lipinski definition) is 5. The fourth-order valence-electron chi connectivity index (χ4n) is 3.40. The average Bonchev–Trinajstić information content (AvgIpc) is 2.68. The van der Waals surface area contributed by atoms with Crippen LogP contribution in [0.2, 0.25) is 0 Å². The van der Waals surface area contributed by atoms with E-state index in [0.29, 0.717) is 50.6 Å². The first-order valence-electron chi connectivity index (χ1n) is 10.8. The molecule has 1 aliphatic rings. The van der Waals surface area contributed by atoms with Crippen molar-refractivity contribution in [3.8, 4) is 11.5 Å². The van der Waals surface area contributed by atoms with Gasteiger partial charge in [0.05, 0.1) is 19.3 Å². The topological polar surface area (TPSA) is 77.1 Å². The summed E-state index contributed by atoms with van der Waals surface area (Å²) in [6.45, 7) is 13.5. The van der Waals surface area contributed by atoms with Crippen LogP contribution in [-0.2, 0) is 9.53 Å². The molecule has 1 aromatic rings. The second-order valence-corrected chi connectivity index (χ2v) is 8.54. The van der Waals surface area contributed by atoms with Gasteiger partial charge >= 0.3 is 6.09 Å². The Kier molecular flexibility index (Phi) is 8.38. The van der Waals surface area contributed by atoms with E-state index in [4.69, 9.17) is 14.2 Å². The van der Waals surface area contributed by atoms with Gasteiger partial charge in [-0.15, -0.1) is 0 Å². The first-order chi connectivity index (χ1) is 14.1. The molecule has 1 heterocycles. The number of benzene rings is 1. The molecule has 7 heteroatoms. The summed E-state index contributed by atoms with van der Waals surface area (Å²) >= 11 is 0. The number of nitrogens with zero attached hydrogens (tertiary/aromatic N) is 1. The van der Waals surface area contributed by atoms with Crippen molar-refractivity contribution in [3.05, 3.63) is 23.8 Å². The maximum absolute atomic E-state index is 12.8. The highest BCUT2D eigenvalue weighted by molar-refractivity contribution is 5.79. The number of carbonyl (C=O) groups is 2. The van der Waals surface area contributed by atoms with Crippen LogP contribution < -0.4 is 14.8 Å². The Labute approximate surface area is 180 Å². The third-order valence-electron chi connectivity index (χ3n) is 4.94. The van der Waals surface area contributed by atoms with E-state index in [-0.39, 0.29) is 24.0 Å². The first-order valence-corrected chi connectivity index (χ1v) is 10.8. The van der Waals surface area contributed by atoms with E-state index < -0.39 is 5.60 Å². The van der Waals surface area contributed by atoms with Crippen LogP contribution in [0, 0.1) is 5.92 Å². The fraction of sp³-hybridized carbons (Fsp3) is 0.652. The van der Waals surface area contributed by atoms with E-state index in [1.807, 2.05) is 59.7 Å². The summed E-state index contributed by atoms with van der Waals surface area (Å²) in [7, 11) is 0. The number of likely N-dealkylation sites (tertiary alicyclic amines) is 1. The number of rotatable bonds is 7. The van der Waals surface area contributed by atoms with Gasteiger partial charge in [0.2, 0.25) is 5.91 Å². The summed E-state index contributed by atoms with van der Waals surface area (Å²) in [4.78, 5) is 26.6. The van der Waals surface area contributed by atoms with Crippen LogP contribution >= 0.6 is 0 Å². The lowest BCUT2D eigenvalue weighted by Crippen LogP contribution is -2.45. The monoisotopic (exact) mass is 420 g/mol. The molecule has 2 amide bonds. The largest absolute Gasteiger partial charge is 0.490 e. The molecule has 1 N–H and O–H groups in total. The summed E-state index contributed by atoms with van der Waals surface area (Å²) in [5, 5.41) is 3.10. The minimum atomic E-state index is -0.515. The minimum Gasteiger partial charge on any atom is -0.490 e. The van der Waals surface area contributed by atoms with Crippen molar-refractivity contribution in [1.29, 1.82) is 0 Å². The predicted molar refractivity (Wildman–Crippen MR) is 116 cm³/mol. The standard InChI is InChI=1S/C23H36N2O5/c1-7-28-19-10-9-18(15-20(19)29-8-2)16(3)24-21(26)17-11-13-25(14-12-17)22(27)30-23(4,5)6/h9-10,15-17H,7-8,11-14H2,1-6H3,(H,24,26)/t16-/m0/s1. The molecule has 0 aromatic heterocycles. The van der Waals surface area contributed by atoms with Gasteiger partial charge in [-0.1, -0.05) is 6.07 Å². The number of ether oxygens (including phenoxy) is 3. The van der Waals surface area contributed by atoms with E-state index in [1.54, 1.807) is 4.90 Å². The lowest BCUT2D eigenvalue weighted by atomic mass is 9.95. The third kappa shape index (κ3) is 6.82. The fourth-order valence-corrected chi connectivity index (χ4v) is 3.40. The van der Waals surface area contributed by atoms with Crippen LogP contribution in [0.5, 0.6) is 11.5 Å². The van der Waals surface area contributed by atoms with Gasteiger partial charge in [-0.3, -0.25) is 4.79 Å². The minimum absolute atomic E-state index is 0.0122. The molecule has 0 spiro atoms. The number of piperidine rings is 1. The van der Waals surface area contributed by atoms with Gasteiger partial charge in [-0.2, -0.15) is 0 Å². The number of nitrogens with one attached hydrogen (secondary N) is 1. The highest BCUT2D eigenvalue weighted by Gasteiger charge is 2.30. The van der Waals surface area contributed by atoms with Gasteiger partial charge in [0.15, 0.2) is 11.5 Å². The van der Waals surface area contributed by atoms with Crippen LogP contribution in [0.15, 0.2) is 18.2 Å². The normalized spacial score (nSPS) is 16.0. The molecular formula is C23H36N2O5. The lowest BCUT2D eigenvalue weighted by molar-refractivity contribution is -0.127.